The van der Waals surface area contributed by atoms with Crippen LogP contribution in [0.15, 0.2) is 107 Å². The number of carbonyl (C=O) groups is 3. The molecule has 0 amide bonds. The van der Waals surface area contributed by atoms with Crippen LogP contribution in [0.4, 0.5) is 0 Å². The Morgan fingerprint density at radius 2 is 1.48 bits per heavy atom. The molecule has 5 aliphatic heterocycles. The normalized spacial score (nSPS) is 24.8. The first kappa shape index (κ1) is 49.6. The van der Waals surface area contributed by atoms with Gasteiger partial charge in [0.2, 0.25) is 0 Å². The molecule has 0 N–H and O–H groups in total. The van der Waals surface area contributed by atoms with Gasteiger partial charge in [0.1, 0.15) is 12.5 Å². The second kappa shape index (κ2) is 21.6. The van der Waals surface area contributed by atoms with Crippen LogP contribution < -0.4 is 5.32 Å². The number of ether oxygens (including phenoxy) is 2. The van der Waals surface area contributed by atoms with Crippen molar-refractivity contribution in [3.8, 4) is 0 Å². The molecule has 8 bridgehead atoms. The number of aliphatic imine (C=N–C) groups is 3. The number of rotatable bonds is 20. The molecule has 1 aliphatic carbocycles. The maximum Gasteiger partial charge on any atom is 0.321 e. The molecule has 0 aromatic carbocycles. The Hall–Kier alpha value is -4.86. The van der Waals surface area contributed by atoms with Gasteiger partial charge >= 0.3 is 11.9 Å². The van der Waals surface area contributed by atoms with Gasteiger partial charge in [-0.25, -0.2) is 10.3 Å². The standard InChI is InChI=1S/C55H74N4O6/c1-13-39-34(7)41-29-46-48(38(11)60)36(9)43(57-46)27-42-35(8)40(52(58-42)50-51(55(63)64-12)54(62)49-37(10)44(59-53(49)50)28-45(39)56-41)23-24-47(61)65-26-25-33(6)22-16-21-32(5)20-15-19-31(4)18-14-17-30(2)3/h25,27-32,34-35,39-40,51H,13-24,26H2,1-12H3. The number of allylic oxidation sites excluding steroid dienone is 9. The zero-order chi connectivity index (χ0) is 47.3. The fraction of sp³-hybridized carbons (Fsp3) is 0.600. The number of carbonyl (C=O) groups excluding carboxylic acids is 3. The second-order valence-electron chi connectivity index (χ2n) is 20.2. The van der Waals surface area contributed by atoms with E-state index in [1.54, 1.807) is 6.92 Å². The Morgan fingerprint density at radius 3 is 2.12 bits per heavy atom. The van der Waals surface area contributed by atoms with Gasteiger partial charge in [-0.15, -0.1) is 0 Å². The van der Waals surface area contributed by atoms with Gasteiger partial charge in [-0.05, 0) is 107 Å². The van der Waals surface area contributed by atoms with E-state index in [2.05, 4.69) is 48.5 Å². The summed E-state index contributed by atoms with van der Waals surface area (Å²) in [6.45, 7) is 23.3. The summed E-state index contributed by atoms with van der Waals surface area (Å²) in [6, 6.07) is 0. The van der Waals surface area contributed by atoms with Gasteiger partial charge in [0.15, 0.2) is 11.5 Å². The zero-order valence-corrected chi connectivity index (χ0v) is 41.4. The zero-order valence-electron chi connectivity index (χ0n) is 41.4. The first-order chi connectivity index (χ1) is 30.9. The molecule has 0 saturated heterocycles. The lowest BCUT2D eigenvalue weighted by molar-refractivity contribution is -0.144. The Kier molecular flexibility index (Phi) is 16.5. The van der Waals surface area contributed by atoms with Crippen LogP contribution in [0.5, 0.6) is 0 Å². The van der Waals surface area contributed by atoms with E-state index in [0.29, 0.717) is 68.8 Å². The van der Waals surface area contributed by atoms with Crippen molar-refractivity contribution < 1.29 is 29.0 Å². The Labute approximate surface area is 389 Å². The molecule has 6 aliphatic rings. The highest BCUT2D eigenvalue weighted by Gasteiger charge is 2.50. The van der Waals surface area contributed by atoms with Crippen molar-refractivity contribution in [3.05, 3.63) is 92.0 Å². The van der Waals surface area contributed by atoms with Crippen LogP contribution in [-0.4, -0.2) is 48.6 Å². The number of methoxy groups -OCH3 is 1. The first-order valence-corrected chi connectivity index (χ1v) is 24.6. The van der Waals surface area contributed by atoms with E-state index in [1.807, 2.05) is 45.1 Å². The summed E-state index contributed by atoms with van der Waals surface area (Å²) in [6.07, 6.45) is 20.3. The van der Waals surface area contributed by atoms with Crippen molar-refractivity contribution in [2.75, 3.05) is 13.7 Å². The third kappa shape index (κ3) is 11.1. The first-order valence-electron chi connectivity index (χ1n) is 24.6. The number of nitrogens with zero attached hydrogens (tertiary/aromatic N) is 4. The number of fused-ring (bicyclic) bond motifs is 5. The summed E-state index contributed by atoms with van der Waals surface area (Å²) >= 11 is 0. The lowest BCUT2D eigenvalue weighted by Crippen LogP contribution is -2.28. The van der Waals surface area contributed by atoms with Crippen LogP contribution in [0.3, 0.4) is 0 Å². The molecular weight excluding hydrogens is 813 g/mol. The predicted molar refractivity (Wildman–Crippen MR) is 259 cm³/mol. The number of Topliss-reactive ketones (excluding diaryl/α,β-unsaturated/α-hetero) is 1. The van der Waals surface area contributed by atoms with Gasteiger partial charge in [-0.3, -0.25) is 29.5 Å². The second-order valence-corrected chi connectivity index (χ2v) is 20.2. The maximum atomic E-state index is 14.4. The molecule has 65 heavy (non-hydrogen) atoms. The third-order valence-electron chi connectivity index (χ3n) is 14.8. The molecule has 7 atom stereocenters. The fourth-order valence-electron chi connectivity index (χ4n) is 10.6. The summed E-state index contributed by atoms with van der Waals surface area (Å²) in [5, 5.41) is 19.5. The molecule has 2 radical (unpaired) electrons. The lowest BCUT2D eigenvalue weighted by Gasteiger charge is -2.22. The lowest BCUT2D eigenvalue weighted by atomic mass is 9.81. The van der Waals surface area contributed by atoms with E-state index in [4.69, 9.17) is 29.8 Å². The van der Waals surface area contributed by atoms with E-state index >= 15 is 0 Å². The van der Waals surface area contributed by atoms with Gasteiger partial charge in [-0.1, -0.05) is 99.0 Å². The Balaban J connectivity index is 1.19. The number of esters is 2. The Morgan fingerprint density at radius 1 is 0.800 bits per heavy atom. The molecule has 6 rings (SSSR count). The molecule has 5 heterocycles. The topological polar surface area (TPSA) is 141 Å². The van der Waals surface area contributed by atoms with Crippen molar-refractivity contribution in [2.24, 2.45) is 62.3 Å². The summed E-state index contributed by atoms with van der Waals surface area (Å²) < 4.78 is 11.0. The van der Waals surface area contributed by atoms with E-state index in [9.17, 15) is 19.5 Å². The molecule has 0 aromatic rings. The number of ketones is 1. The van der Waals surface area contributed by atoms with Crippen molar-refractivity contribution in [2.45, 2.75) is 153 Å². The number of hydrogen-bond acceptors (Lipinski definition) is 8. The van der Waals surface area contributed by atoms with E-state index in [1.165, 1.54) is 57.6 Å². The van der Waals surface area contributed by atoms with Crippen molar-refractivity contribution in [1.29, 1.82) is 0 Å². The molecule has 10 heteroatoms. The van der Waals surface area contributed by atoms with Gasteiger partial charge in [-0.2, -0.15) is 0 Å². The smallest absolute Gasteiger partial charge is 0.321 e. The minimum atomic E-state index is -1.25. The summed E-state index contributed by atoms with van der Waals surface area (Å²) in [4.78, 5) is 55.5. The minimum absolute atomic E-state index is 0.0565. The summed E-state index contributed by atoms with van der Waals surface area (Å²) in [7, 11) is 1.28. The highest BCUT2D eigenvalue weighted by molar-refractivity contribution is 6.20. The summed E-state index contributed by atoms with van der Waals surface area (Å²) in [5.74, 6) is -0.869. The monoisotopic (exact) mass is 887 g/mol. The average molecular weight is 887 g/mol. The Bertz CT molecular complexity index is 2270. The predicted octanol–water partition coefficient (Wildman–Crippen LogP) is 12.2. The van der Waals surface area contributed by atoms with Gasteiger partial charge in [0.25, 0.3) is 0 Å². The molecule has 7 unspecified atom stereocenters. The van der Waals surface area contributed by atoms with Crippen molar-refractivity contribution >= 4 is 34.9 Å². The van der Waals surface area contributed by atoms with E-state index in [0.717, 1.165) is 48.1 Å². The minimum Gasteiger partial charge on any atom is -0.468 e. The largest absolute Gasteiger partial charge is 0.468 e. The highest BCUT2D eigenvalue weighted by Crippen LogP contribution is 2.50. The van der Waals surface area contributed by atoms with Crippen molar-refractivity contribution in [1.82, 2.24) is 5.32 Å². The quantitative estimate of drug-likeness (QED) is 0.0884. The molecular formula is C55H74N4O6. The van der Waals surface area contributed by atoms with E-state index < -0.39 is 11.9 Å². The van der Waals surface area contributed by atoms with Crippen LogP contribution in [0.2, 0.25) is 0 Å². The van der Waals surface area contributed by atoms with Gasteiger partial charge in [0, 0.05) is 63.9 Å². The van der Waals surface area contributed by atoms with Crippen molar-refractivity contribution in [3.63, 3.8) is 0 Å². The SMILES string of the molecule is CCC1C2=CC3=C(C)C4=C([O])C(C(=O)OC)C(=C4[N]3)C3=NC(=CC4=NC(=CC(=N2)C1C)C(C(C)=O)=C4C)C(C)C3CCC(=O)OCC=C(C)CCCC(C)CCCC(C)CCCC(C)C. The van der Waals surface area contributed by atoms with Gasteiger partial charge in [0.05, 0.1) is 35.6 Å². The molecule has 0 spiro atoms. The van der Waals surface area contributed by atoms with Crippen LogP contribution in [0.1, 0.15) is 153 Å². The molecule has 10 nitrogen and oxygen atoms in total. The van der Waals surface area contributed by atoms with Crippen LogP contribution in [-0.2, 0) is 29.0 Å². The average Bonchev–Trinajstić information content (AvgIpc) is 4.00. The fourth-order valence-corrected chi connectivity index (χ4v) is 10.6. The van der Waals surface area contributed by atoms with E-state index in [-0.39, 0.29) is 54.2 Å². The third-order valence-corrected chi connectivity index (χ3v) is 14.8. The van der Waals surface area contributed by atoms with Gasteiger partial charge < -0.3 is 9.47 Å². The maximum absolute atomic E-state index is 14.4. The van der Waals surface area contributed by atoms with Crippen LogP contribution in [0.25, 0.3) is 0 Å². The molecule has 0 aromatic heterocycles. The molecule has 350 valence electrons. The number of hydrogen-bond donors (Lipinski definition) is 0. The highest BCUT2D eigenvalue weighted by atomic mass is 16.5. The molecule has 0 saturated carbocycles. The van der Waals surface area contributed by atoms with Crippen LogP contribution in [0, 0.1) is 47.3 Å². The molecule has 0 fully saturated rings. The summed E-state index contributed by atoms with van der Waals surface area (Å²) in [5.41, 5.74) is 9.10. The van der Waals surface area contributed by atoms with Crippen LogP contribution >= 0.6 is 0 Å².